The number of sulfone groups is 1. The van der Waals surface area contributed by atoms with Crippen LogP contribution in [-0.4, -0.2) is 31.8 Å². The molecule has 0 saturated carbocycles. The van der Waals surface area contributed by atoms with Crippen molar-refractivity contribution in [3.63, 3.8) is 0 Å². The van der Waals surface area contributed by atoms with Gasteiger partial charge in [0.1, 0.15) is 0 Å². The third kappa shape index (κ3) is 4.33. The topological polar surface area (TPSA) is 75.3 Å². The smallest absolute Gasteiger partial charge is 0.315 e. The van der Waals surface area contributed by atoms with Crippen LogP contribution in [0, 0.1) is 0 Å². The molecule has 5 nitrogen and oxygen atoms in total. The zero-order valence-electron chi connectivity index (χ0n) is 9.07. The van der Waals surface area contributed by atoms with Crippen LogP contribution in [0.3, 0.4) is 0 Å². The molecule has 0 aromatic rings. The molecule has 6 heteroatoms. The maximum absolute atomic E-state index is 11.4. The van der Waals surface area contributed by atoms with E-state index in [1.807, 2.05) is 20.8 Å². The van der Waals surface area contributed by atoms with Gasteiger partial charge in [-0.2, -0.15) is 0 Å². The monoisotopic (exact) mass is 232 g/mol. The molecule has 0 bridgehead atoms. The first kappa shape index (κ1) is 12.0. The van der Waals surface area contributed by atoms with Gasteiger partial charge in [0.2, 0.25) is 0 Å². The van der Waals surface area contributed by atoms with E-state index in [-0.39, 0.29) is 17.3 Å². The van der Waals surface area contributed by atoms with Crippen LogP contribution in [0.5, 0.6) is 0 Å². The number of urea groups is 1. The molecule has 1 unspecified atom stereocenters. The fraction of sp³-hybridized carbons (Fsp3) is 0.667. The zero-order valence-corrected chi connectivity index (χ0v) is 9.89. The van der Waals surface area contributed by atoms with Crippen LogP contribution < -0.4 is 10.6 Å². The van der Waals surface area contributed by atoms with Gasteiger partial charge in [-0.05, 0) is 26.8 Å². The highest BCUT2D eigenvalue weighted by molar-refractivity contribution is 7.94. The van der Waals surface area contributed by atoms with E-state index in [2.05, 4.69) is 10.6 Å². The van der Waals surface area contributed by atoms with E-state index in [1.54, 1.807) is 0 Å². The van der Waals surface area contributed by atoms with Crippen LogP contribution in [0.4, 0.5) is 4.79 Å². The van der Waals surface area contributed by atoms with Crippen LogP contribution >= 0.6 is 0 Å². The summed E-state index contributed by atoms with van der Waals surface area (Å²) in [4.78, 5) is 11.4. The van der Waals surface area contributed by atoms with Gasteiger partial charge in [0, 0.05) is 10.9 Å². The summed E-state index contributed by atoms with van der Waals surface area (Å²) in [6, 6.07) is -0.772. The molecule has 0 spiro atoms. The molecule has 15 heavy (non-hydrogen) atoms. The van der Waals surface area contributed by atoms with Crippen molar-refractivity contribution in [3.05, 3.63) is 11.5 Å². The van der Waals surface area contributed by atoms with Crippen LogP contribution in [0.1, 0.15) is 20.8 Å². The van der Waals surface area contributed by atoms with Crippen molar-refractivity contribution in [2.75, 3.05) is 5.75 Å². The Morgan fingerprint density at radius 2 is 2.00 bits per heavy atom. The Hall–Kier alpha value is -1.04. The number of nitrogens with one attached hydrogen (secondary N) is 2. The third-order valence-electron chi connectivity index (χ3n) is 1.74. The molecule has 86 valence electrons. The first-order valence-electron chi connectivity index (χ1n) is 4.68. The largest absolute Gasteiger partial charge is 0.334 e. The summed E-state index contributed by atoms with van der Waals surface area (Å²) in [7, 11) is -3.11. The molecule has 0 aromatic carbocycles. The minimum Gasteiger partial charge on any atom is -0.334 e. The summed E-state index contributed by atoms with van der Waals surface area (Å²) in [5, 5.41) is 6.40. The van der Waals surface area contributed by atoms with Crippen molar-refractivity contribution in [1.29, 1.82) is 0 Å². The standard InChI is InChI=1S/C9H16N2O3S/c1-9(2,3)11-8(12)10-7-4-5-15(13,14)6-7/h4-5,7H,6H2,1-3H3,(H2,10,11,12). The van der Waals surface area contributed by atoms with Gasteiger partial charge in [0.05, 0.1) is 11.8 Å². The van der Waals surface area contributed by atoms with Crippen LogP contribution in [-0.2, 0) is 9.84 Å². The molecule has 1 rings (SSSR count). The molecule has 0 aliphatic carbocycles. The fourth-order valence-electron chi connectivity index (χ4n) is 1.21. The number of hydrogen-bond donors (Lipinski definition) is 2. The van der Waals surface area contributed by atoms with Gasteiger partial charge < -0.3 is 10.6 Å². The first-order chi connectivity index (χ1) is 6.68. The Balaban J connectivity index is 2.45. The number of hydrogen-bond acceptors (Lipinski definition) is 3. The average Bonchev–Trinajstić information content (AvgIpc) is 2.25. The van der Waals surface area contributed by atoms with E-state index in [0.29, 0.717) is 0 Å². The number of rotatable bonds is 1. The molecule has 0 aromatic heterocycles. The molecule has 0 radical (unpaired) electrons. The quantitative estimate of drug-likeness (QED) is 0.687. The van der Waals surface area contributed by atoms with Crippen LogP contribution in [0.2, 0.25) is 0 Å². The summed E-state index contributed by atoms with van der Waals surface area (Å²) in [6.45, 7) is 5.56. The molecule has 0 saturated heterocycles. The molecular weight excluding hydrogens is 216 g/mol. The summed E-state index contributed by atoms with van der Waals surface area (Å²) in [6.07, 6.45) is 1.48. The van der Waals surface area contributed by atoms with E-state index in [4.69, 9.17) is 0 Å². The minimum atomic E-state index is -3.11. The van der Waals surface area contributed by atoms with Crippen molar-refractivity contribution in [3.8, 4) is 0 Å². The normalized spacial score (nSPS) is 23.8. The summed E-state index contributed by atoms with van der Waals surface area (Å²) >= 11 is 0. The second-order valence-electron chi connectivity index (χ2n) is 4.61. The average molecular weight is 232 g/mol. The Morgan fingerprint density at radius 1 is 1.40 bits per heavy atom. The highest BCUT2D eigenvalue weighted by Crippen LogP contribution is 2.07. The van der Waals surface area contributed by atoms with Gasteiger partial charge in [-0.15, -0.1) is 0 Å². The minimum absolute atomic E-state index is 0.0510. The lowest BCUT2D eigenvalue weighted by atomic mass is 10.1. The molecule has 1 aliphatic heterocycles. The lowest BCUT2D eigenvalue weighted by molar-refractivity contribution is 0.231. The van der Waals surface area contributed by atoms with E-state index >= 15 is 0 Å². The van der Waals surface area contributed by atoms with Gasteiger partial charge in [-0.1, -0.05) is 0 Å². The van der Waals surface area contributed by atoms with Crippen molar-refractivity contribution < 1.29 is 13.2 Å². The molecule has 2 N–H and O–H groups in total. The molecule has 1 aliphatic rings. The molecular formula is C9H16N2O3S. The van der Waals surface area contributed by atoms with Gasteiger partial charge in [0.25, 0.3) is 0 Å². The summed E-state index contributed by atoms with van der Waals surface area (Å²) in [5.74, 6) is -0.0510. The predicted molar refractivity (Wildman–Crippen MR) is 58.1 cm³/mol. The van der Waals surface area contributed by atoms with Gasteiger partial charge >= 0.3 is 6.03 Å². The number of carbonyl (C=O) groups excluding carboxylic acids is 1. The van der Waals surface area contributed by atoms with Crippen LogP contribution in [0.25, 0.3) is 0 Å². The molecule has 0 fully saturated rings. The van der Waals surface area contributed by atoms with E-state index in [1.165, 1.54) is 6.08 Å². The fourth-order valence-corrected chi connectivity index (χ4v) is 2.45. The highest BCUT2D eigenvalue weighted by atomic mass is 32.2. The Bertz CT molecular complexity index is 379. The van der Waals surface area contributed by atoms with E-state index < -0.39 is 15.9 Å². The van der Waals surface area contributed by atoms with Crippen molar-refractivity contribution in [1.82, 2.24) is 10.6 Å². The number of carbonyl (C=O) groups is 1. The summed E-state index contributed by atoms with van der Waals surface area (Å²) < 4.78 is 22.1. The Morgan fingerprint density at radius 3 is 2.40 bits per heavy atom. The maximum atomic E-state index is 11.4. The Kier molecular flexibility index (Phi) is 3.08. The first-order valence-corrected chi connectivity index (χ1v) is 6.39. The number of amides is 2. The van der Waals surface area contributed by atoms with E-state index in [0.717, 1.165) is 5.41 Å². The maximum Gasteiger partial charge on any atom is 0.315 e. The SMILES string of the molecule is CC(C)(C)NC(=O)NC1C=CS(=O)(=O)C1. The van der Waals surface area contributed by atoms with Gasteiger partial charge in [-0.3, -0.25) is 0 Å². The van der Waals surface area contributed by atoms with Gasteiger partial charge in [0.15, 0.2) is 9.84 Å². The lowest BCUT2D eigenvalue weighted by Crippen LogP contribution is -2.49. The highest BCUT2D eigenvalue weighted by Gasteiger charge is 2.24. The third-order valence-corrected chi connectivity index (χ3v) is 3.13. The molecule has 2 amide bonds. The second-order valence-corrected chi connectivity index (χ2v) is 6.54. The van der Waals surface area contributed by atoms with Crippen molar-refractivity contribution >= 4 is 15.9 Å². The van der Waals surface area contributed by atoms with Crippen molar-refractivity contribution in [2.45, 2.75) is 32.4 Å². The molecule has 1 atom stereocenters. The lowest BCUT2D eigenvalue weighted by Gasteiger charge is -2.22. The van der Waals surface area contributed by atoms with Crippen LogP contribution in [0.15, 0.2) is 11.5 Å². The van der Waals surface area contributed by atoms with Gasteiger partial charge in [-0.25, -0.2) is 13.2 Å². The van der Waals surface area contributed by atoms with E-state index in [9.17, 15) is 13.2 Å². The predicted octanol–water partition coefficient (Wildman–Crippen LogP) is 0.395. The Labute approximate surface area is 89.8 Å². The molecule has 1 heterocycles. The zero-order chi connectivity index (χ0) is 11.7. The second kappa shape index (κ2) is 3.84. The summed E-state index contributed by atoms with van der Waals surface area (Å²) in [5.41, 5.74) is -0.328. The van der Waals surface area contributed by atoms with Crippen molar-refractivity contribution in [2.24, 2.45) is 0 Å².